The summed E-state index contributed by atoms with van der Waals surface area (Å²) in [6, 6.07) is 13.1. The maximum absolute atomic E-state index is 13.6. The molecule has 3 heterocycles. The lowest BCUT2D eigenvalue weighted by Gasteiger charge is -2.37. The SMILES string of the molecule is CC(C)C1=C(C(=O)N2CCNC(=O)C2)SC2=N[C@@](C)(c3ccc(Cl)c(N)c3)[C@@H](c3ccc(Cl)cc3)N21. The van der Waals surface area contributed by atoms with E-state index in [2.05, 4.69) is 31.0 Å². The Bertz CT molecular complexity index is 1310. The van der Waals surface area contributed by atoms with Crippen LogP contribution >= 0.6 is 35.0 Å². The van der Waals surface area contributed by atoms with Gasteiger partial charge in [-0.15, -0.1) is 0 Å². The third-order valence-electron chi connectivity index (χ3n) is 6.84. The minimum Gasteiger partial charge on any atom is -0.398 e. The Morgan fingerprint density at radius 1 is 1.22 bits per heavy atom. The lowest BCUT2D eigenvalue weighted by atomic mass is 9.81. The largest absolute Gasteiger partial charge is 0.398 e. The molecule has 3 aliphatic heterocycles. The molecular formula is C26H27Cl2N5O2S. The Morgan fingerprint density at radius 3 is 2.58 bits per heavy atom. The summed E-state index contributed by atoms with van der Waals surface area (Å²) in [5.41, 5.74) is 8.82. The van der Waals surface area contributed by atoms with Crippen molar-refractivity contribution in [1.29, 1.82) is 0 Å². The molecule has 188 valence electrons. The fourth-order valence-electron chi connectivity index (χ4n) is 5.09. The molecule has 0 saturated carbocycles. The highest BCUT2D eigenvalue weighted by Crippen LogP contribution is 2.56. The molecule has 0 radical (unpaired) electrons. The number of hydrogen-bond acceptors (Lipinski definition) is 6. The Hall–Kier alpha value is -2.68. The number of amidine groups is 1. The molecule has 1 saturated heterocycles. The van der Waals surface area contributed by atoms with Gasteiger partial charge in [-0.3, -0.25) is 9.59 Å². The number of benzene rings is 2. The number of amides is 2. The van der Waals surface area contributed by atoms with Crippen molar-refractivity contribution < 1.29 is 9.59 Å². The van der Waals surface area contributed by atoms with E-state index in [0.717, 1.165) is 22.0 Å². The predicted octanol–water partition coefficient (Wildman–Crippen LogP) is 4.78. The van der Waals surface area contributed by atoms with Crippen molar-refractivity contribution in [2.75, 3.05) is 25.4 Å². The van der Waals surface area contributed by atoms with Crippen molar-refractivity contribution in [2.24, 2.45) is 10.9 Å². The van der Waals surface area contributed by atoms with Gasteiger partial charge in [0.25, 0.3) is 5.91 Å². The van der Waals surface area contributed by atoms with E-state index in [1.54, 1.807) is 11.0 Å². The van der Waals surface area contributed by atoms with Gasteiger partial charge in [0.2, 0.25) is 5.91 Å². The number of anilines is 1. The molecule has 2 aromatic carbocycles. The van der Waals surface area contributed by atoms with Crippen LogP contribution in [0.1, 0.15) is 37.9 Å². The highest BCUT2D eigenvalue weighted by atomic mass is 35.5. The highest BCUT2D eigenvalue weighted by molar-refractivity contribution is 8.18. The number of nitrogens with two attached hydrogens (primary N) is 1. The van der Waals surface area contributed by atoms with E-state index in [0.29, 0.717) is 33.7 Å². The minimum absolute atomic E-state index is 0.0372. The standard InChI is InChI=1S/C26H27Cl2N5O2S/c1-14(2)21-22(24(35)32-11-10-30-20(34)13-32)36-25-31-26(3,16-6-9-18(28)19(29)12-16)23(33(21)25)15-4-7-17(27)8-5-15/h4-9,12,14,23H,10-11,13,29H2,1-3H3,(H,30,34)/t23-,26+/m1/s1. The molecule has 0 unspecified atom stereocenters. The molecule has 0 bridgehead atoms. The van der Waals surface area contributed by atoms with Crippen LogP contribution in [0, 0.1) is 5.92 Å². The minimum atomic E-state index is -0.700. The van der Waals surface area contributed by atoms with Crippen molar-refractivity contribution >= 4 is 57.6 Å². The van der Waals surface area contributed by atoms with Gasteiger partial charge >= 0.3 is 0 Å². The van der Waals surface area contributed by atoms with Crippen LogP contribution in [0.5, 0.6) is 0 Å². The predicted molar refractivity (Wildman–Crippen MR) is 146 cm³/mol. The van der Waals surface area contributed by atoms with Gasteiger partial charge in [-0.25, -0.2) is 4.99 Å². The number of hydrogen-bond donors (Lipinski definition) is 2. The van der Waals surface area contributed by atoms with Crippen molar-refractivity contribution in [3.05, 3.63) is 74.2 Å². The van der Waals surface area contributed by atoms with Crippen molar-refractivity contribution in [3.8, 4) is 0 Å². The van der Waals surface area contributed by atoms with Gasteiger partial charge in [0.15, 0.2) is 5.17 Å². The molecule has 2 atom stereocenters. The summed E-state index contributed by atoms with van der Waals surface area (Å²) in [6.07, 6.45) is 0. The molecule has 0 spiro atoms. The third-order valence-corrected chi connectivity index (χ3v) is 8.50. The zero-order valence-corrected chi connectivity index (χ0v) is 22.5. The second kappa shape index (κ2) is 9.32. The molecule has 5 rings (SSSR count). The summed E-state index contributed by atoms with van der Waals surface area (Å²) in [5, 5.41) is 4.67. The second-order valence-corrected chi connectivity index (χ2v) is 11.5. The van der Waals surface area contributed by atoms with Crippen LogP contribution < -0.4 is 11.1 Å². The van der Waals surface area contributed by atoms with E-state index in [1.165, 1.54) is 11.8 Å². The Morgan fingerprint density at radius 2 is 1.94 bits per heavy atom. The van der Waals surface area contributed by atoms with Crippen molar-refractivity contribution in [1.82, 2.24) is 15.1 Å². The van der Waals surface area contributed by atoms with Gasteiger partial charge in [-0.1, -0.05) is 55.2 Å². The first-order valence-electron chi connectivity index (χ1n) is 11.8. The second-order valence-electron chi connectivity index (χ2n) is 9.65. The number of rotatable bonds is 4. The van der Waals surface area contributed by atoms with E-state index in [1.807, 2.05) is 36.4 Å². The molecule has 0 aromatic heterocycles. The normalized spacial score (nSPS) is 23.8. The van der Waals surface area contributed by atoms with Gasteiger partial charge in [0.05, 0.1) is 23.3 Å². The number of carbonyl (C=O) groups excluding carboxylic acids is 2. The molecule has 3 N–H and O–H groups in total. The number of aliphatic imine (C=N–C) groups is 1. The Balaban J connectivity index is 1.64. The van der Waals surface area contributed by atoms with Crippen molar-refractivity contribution in [2.45, 2.75) is 32.4 Å². The van der Waals surface area contributed by atoms with Crippen LogP contribution in [0.2, 0.25) is 10.0 Å². The van der Waals surface area contributed by atoms with Crippen LogP contribution in [-0.4, -0.2) is 46.4 Å². The van der Waals surface area contributed by atoms with Crippen molar-refractivity contribution in [3.63, 3.8) is 0 Å². The first kappa shape index (κ1) is 25.0. The van der Waals surface area contributed by atoms with Gasteiger partial charge < -0.3 is 20.9 Å². The number of fused-ring (bicyclic) bond motifs is 1. The smallest absolute Gasteiger partial charge is 0.263 e. The fraction of sp³-hybridized carbons (Fsp3) is 0.346. The lowest BCUT2D eigenvalue weighted by molar-refractivity contribution is -0.135. The van der Waals surface area contributed by atoms with Crippen LogP contribution in [0.4, 0.5) is 5.69 Å². The van der Waals surface area contributed by atoms with E-state index >= 15 is 0 Å². The average Bonchev–Trinajstić information content (AvgIpc) is 3.33. The van der Waals surface area contributed by atoms with Crippen LogP contribution in [0.3, 0.4) is 0 Å². The number of thioether (sulfide) groups is 1. The van der Waals surface area contributed by atoms with E-state index < -0.39 is 5.54 Å². The molecule has 7 nitrogen and oxygen atoms in total. The zero-order chi connectivity index (χ0) is 25.8. The zero-order valence-electron chi connectivity index (χ0n) is 20.2. The number of carbonyl (C=O) groups is 2. The third kappa shape index (κ3) is 4.15. The molecular weight excluding hydrogens is 517 g/mol. The summed E-state index contributed by atoms with van der Waals surface area (Å²) < 4.78 is 0. The quantitative estimate of drug-likeness (QED) is 0.541. The molecule has 36 heavy (non-hydrogen) atoms. The number of piperazine rings is 1. The number of nitrogens with zero attached hydrogens (tertiary/aromatic N) is 3. The number of allylic oxidation sites excluding steroid dienone is 1. The van der Waals surface area contributed by atoms with Gasteiger partial charge in [-0.2, -0.15) is 0 Å². The highest BCUT2D eigenvalue weighted by Gasteiger charge is 2.53. The number of halogens is 2. The Labute approximate surface area is 224 Å². The molecule has 1 fully saturated rings. The topological polar surface area (TPSA) is 91.0 Å². The van der Waals surface area contributed by atoms with E-state index in [9.17, 15) is 9.59 Å². The van der Waals surface area contributed by atoms with Crippen LogP contribution in [0.25, 0.3) is 0 Å². The molecule has 10 heteroatoms. The number of nitrogens with one attached hydrogen (secondary N) is 1. The number of nitrogen functional groups attached to an aromatic ring is 1. The van der Waals surface area contributed by atoms with Crippen LogP contribution in [-0.2, 0) is 15.1 Å². The molecule has 2 amide bonds. The fourth-order valence-corrected chi connectivity index (χ4v) is 6.71. The molecule has 0 aliphatic carbocycles. The van der Waals surface area contributed by atoms with E-state index in [4.69, 9.17) is 33.9 Å². The first-order chi connectivity index (χ1) is 17.1. The summed E-state index contributed by atoms with van der Waals surface area (Å²) >= 11 is 13.8. The maximum atomic E-state index is 13.6. The van der Waals surface area contributed by atoms with Gasteiger partial charge in [-0.05, 0) is 60.0 Å². The Kier molecular flexibility index (Phi) is 6.47. The van der Waals surface area contributed by atoms with E-state index in [-0.39, 0.29) is 30.3 Å². The average molecular weight is 545 g/mol. The lowest BCUT2D eigenvalue weighted by Crippen LogP contribution is -2.50. The summed E-state index contributed by atoms with van der Waals surface area (Å²) in [5.74, 6) is -0.243. The van der Waals surface area contributed by atoms with Gasteiger partial charge in [0, 0.05) is 23.8 Å². The molecule has 2 aromatic rings. The first-order valence-corrected chi connectivity index (χ1v) is 13.4. The summed E-state index contributed by atoms with van der Waals surface area (Å²) in [7, 11) is 0. The molecule has 3 aliphatic rings. The van der Waals surface area contributed by atoms with Gasteiger partial charge in [0.1, 0.15) is 10.4 Å². The monoisotopic (exact) mass is 543 g/mol. The summed E-state index contributed by atoms with van der Waals surface area (Å²) in [4.78, 5) is 35.2. The maximum Gasteiger partial charge on any atom is 0.263 e. The summed E-state index contributed by atoms with van der Waals surface area (Å²) in [6.45, 7) is 7.22. The van der Waals surface area contributed by atoms with Crippen LogP contribution in [0.15, 0.2) is 58.1 Å².